The molecule has 2 aromatic heterocycles. The summed E-state index contributed by atoms with van der Waals surface area (Å²) in [4.78, 5) is 11.0. The molecular formula is C19H20FN5. The maximum atomic E-state index is 13.6. The molecular weight excluding hydrogens is 317 g/mol. The van der Waals surface area contributed by atoms with Crippen molar-refractivity contribution < 1.29 is 4.39 Å². The number of anilines is 1. The van der Waals surface area contributed by atoms with Gasteiger partial charge in [0.05, 0.1) is 6.20 Å². The van der Waals surface area contributed by atoms with Gasteiger partial charge in [0, 0.05) is 36.5 Å². The van der Waals surface area contributed by atoms with Crippen LogP contribution in [0.5, 0.6) is 0 Å². The standard InChI is InChI=1S/C19H20FN5/c1-13-21-8-5-18(23-13)25-9-6-14(7-10-25)19-17(12-22-24-19)15-3-2-4-16(20)11-15/h2-5,8,11-12,14H,6-7,9-10H2,1H3,(H,22,24). The van der Waals surface area contributed by atoms with Gasteiger partial charge in [0.1, 0.15) is 17.5 Å². The summed E-state index contributed by atoms with van der Waals surface area (Å²) in [5.74, 6) is 1.95. The number of rotatable bonds is 3. The fraction of sp³-hybridized carbons (Fsp3) is 0.316. The lowest BCUT2D eigenvalue weighted by molar-refractivity contribution is 0.493. The van der Waals surface area contributed by atoms with E-state index in [2.05, 4.69) is 25.1 Å². The van der Waals surface area contributed by atoms with Crippen molar-refractivity contribution in [3.63, 3.8) is 0 Å². The molecule has 1 aliphatic heterocycles. The van der Waals surface area contributed by atoms with Crippen LogP contribution in [0.15, 0.2) is 42.7 Å². The van der Waals surface area contributed by atoms with Gasteiger partial charge < -0.3 is 4.90 Å². The molecule has 0 spiro atoms. The van der Waals surface area contributed by atoms with Gasteiger partial charge in [0.15, 0.2) is 0 Å². The second-order valence-corrected chi connectivity index (χ2v) is 6.43. The van der Waals surface area contributed by atoms with Crippen molar-refractivity contribution in [1.82, 2.24) is 20.2 Å². The molecule has 1 N–H and O–H groups in total. The number of H-pyrrole nitrogens is 1. The maximum absolute atomic E-state index is 13.6. The molecule has 3 aromatic rings. The molecule has 0 radical (unpaired) electrons. The van der Waals surface area contributed by atoms with Crippen LogP contribution in [-0.4, -0.2) is 33.3 Å². The van der Waals surface area contributed by atoms with Crippen LogP contribution in [-0.2, 0) is 0 Å². The van der Waals surface area contributed by atoms with Crippen LogP contribution >= 0.6 is 0 Å². The minimum absolute atomic E-state index is 0.224. The van der Waals surface area contributed by atoms with Crippen LogP contribution in [0.1, 0.15) is 30.3 Å². The Kier molecular flexibility index (Phi) is 4.17. The highest BCUT2D eigenvalue weighted by molar-refractivity contribution is 5.66. The fourth-order valence-electron chi connectivity index (χ4n) is 3.51. The first kappa shape index (κ1) is 15.7. The highest BCUT2D eigenvalue weighted by Crippen LogP contribution is 2.34. The van der Waals surface area contributed by atoms with E-state index in [1.54, 1.807) is 24.5 Å². The first-order chi connectivity index (χ1) is 12.2. The monoisotopic (exact) mass is 337 g/mol. The van der Waals surface area contributed by atoms with Crippen LogP contribution in [0.25, 0.3) is 11.1 Å². The number of nitrogens with zero attached hydrogens (tertiary/aromatic N) is 4. The lowest BCUT2D eigenvalue weighted by Gasteiger charge is -2.32. The summed E-state index contributed by atoms with van der Waals surface area (Å²) in [5, 5.41) is 7.35. The Morgan fingerprint density at radius 1 is 1.20 bits per heavy atom. The summed E-state index contributed by atoms with van der Waals surface area (Å²) < 4.78 is 13.6. The minimum atomic E-state index is -0.224. The average molecular weight is 337 g/mol. The van der Waals surface area contributed by atoms with E-state index >= 15 is 0 Å². The summed E-state index contributed by atoms with van der Waals surface area (Å²) in [6.07, 6.45) is 5.62. The zero-order chi connectivity index (χ0) is 17.2. The average Bonchev–Trinajstić information content (AvgIpc) is 3.12. The van der Waals surface area contributed by atoms with E-state index in [0.29, 0.717) is 5.92 Å². The van der Waals surface area contributed by atoms with Gasteiger partial charge in [-0.05, 0) is 43.5 Å². The number of aromatic nitrogens is 4. The van der Waals surface area contributed by atoms with Crippen LogP contribution in [0.3, 0.4) is 0 Å². The van der Waals surface area contributed by atoms with Crippen molar-refractivity contribution in [1.29, 1.82) is 0 Å². The molecule has 1 aliphatic rings. The van der Waals surface area contributed by atoms with Crippen LogP contribution in [0.2, 0.25) is 0 Å². The molecule has 0 saturated carbocycles. The molecule has 0 unspecified atom stereocenters. The van der Waals surface area contributed by atoms with Crippen molar-refractivity contribution in [2.24, 2.45) is 0 Å². The summed E-state index contributed by atoms with van der Waals surface area (Å²) in [7, 11) is 0. The van der Waals surface area contributed by atoms with Gasteiger partial charge in [-0.25, -0.2) is 14.4 Å². The van der Waals surface area contributed by atoms with Crippen molar-refractivity contribution in [2.45, 2.75) is 25.7 Å². The molecule has 1 fully saturated rings. The summed E-state index contributed by atoms with van der Waals surface area (Å²) in [6, 6.07) is 8.65. The molecule has 5 nitrogen and oxygen atoms in total. The topological polar surface area (TPSA) is 57.7 Å². The van der Waals surface area contributed by atoms with Gasteiger partial charge in [-0.1, -0.05) is 12.1 Å². The molecule has 0 aliphatic carbocycles. The van der Waals surface area contributed by atoms with Gasteiger partial charge in [0.25, 0.3) is 0 Å². The zero-order valence-electron chi connectivity index (χ0n) is 14.1. The third kappa shape index (κ3) is 3.24. The lowest BCUT2D eigenvalue weighted by Crippen LogP contribution is -2.33. The van der Waals surface area contributed by atoms with Crippen molar-refractivity contribution in [3.05, 3.63) is 60.1 Å². The first-order valence-corrected chi connectivity index (χ1v) is 8.54. The summed E-state index contributed by atoms with van der Waals surface area (Å²) in [6.45, 7) is 3.78. The predicted molar refractivity (Wildman–Crippen MR) is 94.9 cm³/mol. The number of hydrogen-bond donors (Lipinski definition) is 1. The summed E-state index contributed by atoms with van der Waals surface area (Å²) in [5.41, 5.74) is 2.97. The van der Waals surface area contributed by atoms with E-state index in [4.69, 9.17) is 0 Å². The number of aryl methyl sites for hydroxylation is 1. The number of nitrogens with one attached hydrogen (secondary N) is 1. The van der Waals surface area contributed by atoms with Crippen LogP contribution in [0.4, 0.5) is 10.2 Å². The zero-order valence-corrected chi connectivity index (χ0v) is 14.1. The normalized spacial score (nSPS) is 15.5. The molecule has 4 rings (SSSR count). The van der Waals surface area contributed by atoms with Crippen LogP contribution in [0, 0.1) is 12.7 Å². The van der Waals surface area contributed by atoms with Gasteiger partial charge in [-0.2, -0.15) is 5.10 Å². The number of benzene rings is 1. The Hall–Kier alpha value is -2.76. The van der Waals surface area contributed by atoms with Gasteiger partial charge in [-0.15, -0.1) is 0 Å². The second kappa shape index (κ2) is 6.63. The van der Waals surface area contributed by atoms with E-state index in [-0.39, 0.29) is 5.82 Å². The molecule has 1 saturated heterocycles. The van der Waals surface area contributed by atoms with E-state index in [1.807, 2.05) is 19.1 Å². The Morgan fingerprint density at radius 2 is 2.04 bits per heavy atom. The Labute approximate surface area is 145 Å². The van der Waals surface area contributed by atoms with Crippen LogP contribution < -0.4 is 4.90 Å². The number of piperidine rings is 1. The Morgan fingerprint density at radius 3 is 2.80 bits per heavy atom. The molecule has 0 atom stereocenters. The highest BCUT2D eigenvalue weighted by Gasteiger charge is 2.25. The number of hydrogen-bond acceptors (Lipinski definition) is 4. The number of aromatic amines is 1. The Bertz CT molecular complexity index is 868. The summed E-state index contributed by atoms with van der Waals surface area (Å²) >= 11 is 0. The SMILES string of the molecule is Cc1nccc(N2CCC(c3[nH]ncc3-c3cccc(F)c3)CC2)n1. The molecule has 0 bridgehead atoms. The maximum Gasteiger partial charge on any atom is 0.132 e. The van der Waals surface area contributed by atoms with E-state index < -0.39 is 0 Å². The van der Waals surface area contributed by atoms with Gasteiger partial charge >= 0.3 is 0 Å². The fourth-order valence-corrected chi connectivity index (χ4v) is 3.51. The molecule has 128 valence electrons. The van der Waals surface area contributed by atoms with Crippen molar-refractivity contribution >= 4 is 5.82 Å². The molecule has 25 heavy (non-hydrogen) atoms. The molecule has 1 aromatic carbocycles. The predicted octanol–water partition coefficient (Wildman–Crippen LogP) is 3.70. The third-order valence-electron chi connectivity index (χ3n) is 4.79. The lowest BCUT2D eigenvalue weighted by atomic mass is 9.89. The molecule has 6 heteroatoms. The Balaban J connectivity index is 1.51. The van der Waals surface area contributed by atoms with Crippen molar-refractivity contribution in [2.75, 3.05) is 18.0 Å². The van der Waals surface area contributed by atoms with Crippen molar-refractivity contribution in [3.8, 4) is 11.1 Å². The highest BCUT2D eigenvalue weighted by atomic mass is 19.1. The largest absolute Gasteiger partial charge is 0.356 e. The first-order valence-electron chi connectivity index (χ1n) is 8.54. The van der Waals surface area contributed by atoms with E-state index in [1.165, 1.54) is 6.07 Å². The molecule has 0 amide bonds. The van der Waals surface area contributed by atoms with E-state index in [9.17, 15) is 4.39 Å². The van der Waals surface area contributed by atoms with Gasteiger partial charge in [0.2, 0.25) is 0 Å². The number of halogens is 1. The van der Waals surface area contributed by atoms with E-state index in [0.717, 1.165) is 54.4 Å². The quantitative estimate of drug-likeness (QED) is 0.792. The minimum Gasteiger partial charge on any atom is -0.356 e. The molecule has 3 heterocycles. The van der Waals surface area contributed by atoms with Gasteiger partial charge in [-0.3, -0.25) is 5.10 Å². The second-order valence-electron chi connectivity index (χ2n) is 6.43. The smallest absolute Gasteiger partial charge is 0.132 e. The third-order valence-corrected chi connectivity index (χ3v) is 4.79.